The zero-order chi connectivity index (χ0) is 20.3. The molecule has 29 heavy (non-hydrogen) atoms. The monoisotopic (exact) mass is 418 g/mol. The van der Waals surface area contributed by atoms with Crippen molar-refractivity contribution in [3.8, 4) is 0 Å². The lowest BCUT2D eigenvalue weighted by molar-refractivity contribution is -0.120. The van der Waals surface area contributed by atoms with Crippen LogP contribution >= 0.6 is 0 Å². The highest BCUT2D eigenvalue weighted by Gasteiger charge is 2.29. The molecule has 0 radical (unpaired) electrons. The lowest BCUT2D eigenvalue weighted by Crippen LogP contribution is -2.37. The van der Waals surface area contributed by atoms with E-state index in [4.69, 9.17) is 0 Å². The van der Waals surface area contributed by atoms with E-state index in [0.29, 0.717) is 4.90 Å². The average molecular weight is 419 g/mol. The van der Waals surface area contributed by atoms with Gasteiger partial charge in [0.15, 0.2) is 0 Å². The Morgan fingerprint density at radius 3 is 2.10 bits per heavy atom. The fourth-order valence-corrected chi connectivity index (χ4v) is 6.90. The van der Waals surface area contributed by atoms with Crippen LogP contribution in [0.5, 0.6) is 0 Å². The summed E-state index contributed by atoms with van der Waals surface area (Å²) in [7, 11) is -3.53. The maximum atomic E-state index is 13.2. The lowest BCUT2D eigenvalue weighted by Gasteiger charge is -2.27. The maximum absolute atomic E-state index is 13.2. The van der Waals surface area contributed by atoms with Gasteiger partial charge in [0.25, 0.3) is 0 Å². The van der Waals surface area contributed by atoms with E-state index in [1.165, 1.54) is 12.8 Å². The third kappa shape index (κ3) is 4.85. The van der Waals surface area contributed by atoms with E-state index < -0.39 is 10.0 Å². The minimum absolute atomic E-state index is 0.0543. The Bertz CT molecular complexity index is 838. The van der Waals surface area contributed by atoms with E-state index in [1.54, 1.807) is 6.07 Å². The summed E-state index contributed by atoms with van der Waals surface area (Å²) in [5, 5.41) is 3.15. The van der Waals surface area contributed by atoms with Crippen LogP contribution < -0.4 is 10.0 Å². The van der Waals surface area contributed by atoms with Crippen LogP contribution in [0.1, 0.15) is 88.2 Å². The zero-order valence-electron chi connectivity index (χ0n) is 17.3. The number of anilines is 1. The lowest BCUT2D eigenvalue weighted by atomic mass is 9.87. The first-order valence-electron chi connectivity index (χ1n) is 11.5. The van der Waals surface area contributed by atoms with Crippen molar-refractivity contribution in [2.75, 3.05) is 5.32 Å². The van der Waals surface area contributed by atoms with Crippen molar-refractivity contribution in [3.05, 3.63) is 23.3 Å². The average Bonchev–Trinajstić information content (AvgIpc) is 2.75. The first-order valence-corrected chi connectivity index (χ1v) is 13.0. The van der Waals surface area contributed by atoms with Gasteiger partial charge in [0, 0.05) is 17.6 Å². The Morgan fingerprint density at radius 2 is 1.41 bits per heavy atom. The summed E-state index contributed by atoms with van der Waals surface area (Å²) >= 11 is 0. The molecule has 1 amide bonds. The predicted octanol–water partition coefficient (Wildman–Crippen LogP) is 4.70. The molecular formula is C23H34N2O3S. The molecule has 2 N–H and O–H groups in total. The van der Waals surface area contributed by atoms with Crippen molar-refractivity contribution < 1.29 is 13.2 Å². The largest absolute Gasteiger partial charge is 0.326 e. The number of fused-ring (bicyclic) bond motifs is 1. The van der Waals surface area contributed by atoms with Gasteiger partial charge in [0.1, 0.15) is 0 Å². The number of nitrogens with one attached hydrogen (secondary N) is 2. The van der Waals surface area contributed by atoms with Gasteiger partial charge in [-0.2, -0.15) is 0 Å². The van der Waals surface area contributed by atoms with Crippen molar-refractivity contribution in [2.45, 2.75) is 101 Å². The Morgan fingerprint density at radius 1 is 0.793 bits per heavy atom. The van der Waals surface area contributed by atoms with E-state index in [2.05, 4.69) is 10.0 Å². The molecule has 2 fully saturated rings. The SMILES string of the molecule is O=C(Nc1ccc(S(=O)(=O)NC2CCCCC2)c2c1CCCC2)C1CCCCC1. The van der Waals surface area contributed by atoms with Gasteiger partial charge in [-0.05, 0) is 74.6 Å². The van der Waals surface area contributed by atoms with Crippen molar-refractivity contribution in [3.63, 3.8) is 0 Å². The second kappa shape index (κ2) is 9.17. The first-order chi connectivity index (χ1) is 14.0. The summed E-state index contributed by atoms with van der Waals surface area (Å²) in [6.45, 7) is 0. The van der Waals surface area contributed by atoms with Gasteiger partial charge >= 0.3 is 0 Å². The Kier molecular flexibility index (Phi) is 6.60. The van der Waals surface area contributed by atoms with Crippen LogP contribution in [0.4, 0.5) is 5.69 Å². The van der Waals surface area contributed by atoms with E-state index >= 15 is 0 Å². The molecule has 3 aliphatic rings. The number of amides is 1. The van der Waals surface area contributed by atoms with Crippen LogP contribution in [0.25, 0.3) is 0 Å². The molecule has 0 heterocycles. The highest BCUT2D eigenvalue weighted by Crippen LogP contribution is 2.34. The quantitative estimate of drug-likeness (QED) is 0.728. The van der Waals surface area contributed by atoms with Crippen molar-refractivity contribution in [1.29, 1.82) is 0 Å². The van der Waals surface area contributed by atoms with Gasteiger partial charge in [0.05, 0.1) is 4.90 Å². The van der Waals surface area contributed by atoms with Gasteiger partial charge < -0.3 is 5.32 Å². The fraction of sp³-hybridized carbons (Fsp3) is 0.696. The number of rotatable bonds is 5. The smallest absolute Gasteiger partial charge is 0.241 e. The fourth-order valence-electron chi connectivity index (χ4n) is 5.31. The molecule has 0 bridgehead atoms. The minimum Gasteiger partial charge on any atom is -0.326 e. The minimum atomic E-state index is -3.53. The van der Waals surface area contributed by atoms with Crippen LogP contribution in [0.3, 0.4) is 0 Å². The summed E-state index contributed by atoms with van der Waals surface area (Å²) in [6, 6.07) is 3.59. The molecule has 0 saturated heterocycles. The third-order valence-corrected chi connectivity index (χ3v) is 8.55. The van der Waals surface area contributed by atoms with Crippen LogP contribution in [0.2, 0.25) is 0 Å². The van der Waals surface area contributed by atoms with Gasteiger partial charge in [-0.3, -0.25) is 4.79 Å². The van der Waals surface area contributed by atoms with Gasteiger partial charge in [-0.15, -0.1) is 0 Å². The summed E-state index contributed by atoms with van der Waals surface area (Å²) in [4.78, 5) is 13.2. The summed E-state index contributed by atoms with van der Waals surface area (Å²) in [6.07, 6.45) is 14.3. The molecule has 0 unspecified atom stereocenters. The topological polar surface area (TPSA) is 75.3 Å². The van der Waals surface area contributed by atoms with Crippen molar-refractivity contribution >= 4 is 21.6 Å². The number of carbonyl (C=O) groups excluding carboxylic acids is 1. The number of hydrogen-bond donors (Lipinski definition) is 2. The molecule has 4 rings (SSSR count). The molecule has 1 aromatic rings. The molecule has 3 aliphatic carbocycles. The number of sulfonamides is 1. The van der Waals surface area contributed by atoms with Crippen molar-refractivity contribution in [2.24, 2.45) is 5.92 Å². The number of carbonyl (C=O) groups is 1. The molecule has 160 valence electrons. The molecule has 6 heteroatoms. The van der Waals surface area contributed by atoms with Gasteiger partial charge in [-0.1, -0.05) is 38.5 Å². The number of hydrogen-bond acceptors (Lipinski definition) is 3. The first kappa shape index (κ1) is 20.9. The molecule has 0 aromatic heterocycles. The second-order valence-corrected chi connectivity index (χ2v) is 10.7. The van der Waals surface area contributed by atoms with Crippen molar-refractivity contribution in [1.82, 2.24) is 4.72 Å². The summed E-state index contributed by atoms with van der Waals surface area (Å²) in [5.74, 6) is 0.202. The second-order valence-electron chi connectivity index (χ2n) is 9.06. The number of benzene rings is 1. The van der Waals surface area contributed by atoms with E-state index in [0.717, 1.165) is 93.9 Å². The highest BCUT2D eigenvalue weighted by molar-refractivity contribution is 7.89. The molecule has 1 aromatic carbocycles. The normalized spacial score (nSPS) is 21.5. The highest BCUT2D eigenvalue weighted by atomic mass is 32.2. The maximum Gasteiger partial charge on any atom is 0.241 e. The Labute approximate surface area is 175 Å². The molecule has 0 spiro atoms. The molecular weight excluding hydrogens is 384 g/mol. The molecule has 5 nitrogen and oxygen atoms in total. The zero-order valence-corrected chi connectivity index (χ0v) is 18.2. The Balaban J connectivity index is 1.57. The molecule has 0 aliphatic heterocycles. The summed E-state index contributed by atoms with van der Waals surface area (Å²) in [5.41, 5.74) is 2.78. The molecule has 2 saturated carbocycles. The van der Waals surface area contributed by atoms with Gasteiger partial charge in [-0.25, -0.2) is 13.1 Å². The van der Waals surface area contributed by atoms with Crippen LogP contribution in [-0.2, 0) is 27.7 Å². The van der Waals surface area contributed by atoms with Crippen LogP contribution in [0.15, 0.2) is 17.0 Å². The van der Waals surface area contributed by atoms with Crippen LogP contribution in [0, 0.1) is 5.92 Å². The van der Waals surface area contributed by atoms with E-state index in [9.17, 15) is 13.2 Å². The Hall–Kier alpha value is -1.40. The van der Waals surface area contributed by atoms with E-state index in [-0.39, 0.29) is 17.9 Å². The predicted molar refractivity (Wildman–Crippen MR) is 115 cm³/mol. The molecule has 0 atom stereocenters. The van der Waals surface area contributed by atoms with Crippen LogP contribution in [-0.4, -0.2) is 20.4 Å². The van der Waals surface area contributed by atoms with Gasteiger partial charge in [0.2, 0.25) is 15.9 Å². The standard InChI is InChI=1S/C23H34N2O3S/c26-23(17-9-3-1-4-10-17)24-21-15-16-22(20-14-8-7-13-19(20)21)29(27,28)25-18-11-5-2-6-12-18/h15-18,25H,1-14H2,(H,24,26). The summed E-state index contributed by atoms with van der Waals surface area (Å²) < 4.78 is 29.3. The third-order valence-electron chi connectivity index (χ3n) is 6.94. The van der Waals surface area contributed by atoms with E-state index in [1.807, 2.05) is 6.07 Å².